The highest BCUT2D eigenvalue weighted by Crippen LogP contribution is 2.13. The molecule has 0 aromatic rings. The first-order valence-corrected chi connectivity index (χ1v) is 5.98. The van der Waals surface area contributed by atoms with E-state index in [1.54, 1.807) is 20.8 Å². The lowest BCUT2D eigenvalue weighted by molar-refractivity contribution is -0.138. The first-order chi connectivity index (χ1) is 8.22. The van der Waals surface area contributed by atoms with Crippen LogP contribution >= 0.6 is 0 Å². The number of carboxylic acid groups (broad SMARTS) is 1. The predicted molar refractivity (Wildman–Crippen MR) is 70.2 cm³/mol. The summed E-state index contributed by atoms with van der Waals surface area (Å²) >= 11 is 0. The van der Waals surface area contributed by atoms with Crippen LogP contribution in [0.4, 0.5) is 4.79 Å². The summed E-state index contributed by atoms with van der Waals surface area (Å²) in [7, 11) is 0. The van der Waals surface area contributed by atoms with Crippen molar-refractivity contribution in [2.75, 3.05) is 6.54 Å². The lowest BCUT2D eigenvalue weighted by atomic mass is 10.1. The molecular formula is C13H22N2O3. The van der Waals surface area contributed by atoms with Crippen LogP contribution in [0.3, 0.4) is 0 Å². The van der Waals surface area contributed by atoms with Gasteiger partial charge in [-0.3, -0.25) is 4.79 Å². The number of nitrogens with zero attached hydrogens (tertiary/aromatic N) is 1. The minimum atomic E-state index is -1.05. The lowest BCUT2D eigenvalue weighted by Gasteiger charge is -2.35. The summed E-state index contributed by atoms with van der Waals surface area (Å²) < 4.78 is 0. The van der Waals surface area contributed by atoms with Gasteiger partial charge in [0.1, 0.15) is 6.54 Å². The third-order valence-corrected chi connectivity index (χ3v) is 2.42. The molecule has 0 rings (SSSR count). The van der Waals surface area contributed by atoms with E-state index in [1.165, 1.54) is 4.90 Å². The number of urea groups is 1. The van der Waals surface area contributed by atoms with E-state index in [0.717, 1.165) is 6.42 Å². The highest BCUT2D eigenvalue weighted by Gasteiger charge is 2.29. The smallest absolute Gasteiger partial charge is 0.323 e. The highest BCUT2D eigenvalue weighted by atomic mass is 16.4. The fourth-order valence-corrected chi connectivity index (χ4v) is 1.46. The summed E-state index contributed by atoms with van der Waals surface area (Å²) in [6.45, 7) is 6.95. The van der Waals surface area contributed by atoms with Crippen molar-refractivity contribution in [2.24, 2.45) is 0 Å². The topological polar surface area (TPSA) is 69.6 Å². The Hall–Kier alpha value is -1.70. The van der Waals surface area contributed by atoms with Crippen molar-refractivity contribution in [2.45, 2.75) is 52.1 Å². The van der Waals surface area contributed by atoms with E-state index in [2.05, 4.69) is 11.2 Å². The van der Waals surface area contributed by atoms with Crippen molar-refractivity contribution in [3.8, 4) is 12.3 Å². The maximum absolute atomic E-state index is 12.0. The van der Waals surface area contributed by atoms with Crippen molar-refractivity contribution in [1.82, 2.24) is 10.2 Å². The number of carbonyl (C=O) groups excluding carboxylic acids is 1. The van der Waals surface area contributed by atoms with Crippen LogP contribution in [0.25, 0.3) is 0 Å². The van der Waals surface area contributed by atoms with Crippen LogP contribution in [0.5, 0.6) is 0 Å². The van der Waals surface area contributed by atoms with Crippen LogP contribution in [0.2, 0.25) is 0 Å². The molecule has 2 N–H and O–H groups in total. The molecule has 0 aromatic heterocycles. The number of carbonyl (C=O) groups is 2. The Bertz CT molecular complexity index is 339. The maximum Gasteiger partial charge on any atom is 0.323 e. The highest BCUT2D eigenvalue weighted by molar-refractivity contribution is 5.81. The van der Waals surface area contributed by atoms with E-state index in [9.17, 15) is 9.59 Å². The Balaban J connectivity index is 4.77. The third kappa shape index (κ3) is 5.58. The molecule has 102 valence electrons. The summed E-state index contributed by atoms with van der Waals surface area (Å²) in [5.74, 6) is 1.44. The monoisotopic (exact) mass is 254 g/mol. The van der Waals surface area contributed by atoms with Crippen molar-refractivity contribution < 1.29 is 14.7 Å². The average molecular weight is 254 g/mol. The van der Waals surface area contributed by atoms with Crippen LogP contribution in [-0.2, 0) is 4.79 Å². The molecule has 0 saturated heterocycles. The van der Waals surface area contributed by atoms with Gasteiger partial charge in [0, 0.05) is 5.54 Å². The van der Waals surface area contributed by atoms with E-state index in [1.807, 2.05) is 6.92 Å². The van der Waals surface area contributed by atoms with Crippen molar-refractivity contribution in [1.29, 1.82) is 0 Å². The number of nitrogens with one attached hydrogen (secondary N) is 1. The zero-order valence-corrected chi connectivity index (χ0v) is 11.5. The van der Waals surface area contributed by atoms with Gasteiger partial charge in [-0.25, -0.2) is 4.79 Å². The molecule has 1 unspecified atom stereocenters. The molecule has 0 aliphatic carbocycles. The second-order valence-corrected chi connectivity index (χ2v) is 5.11. The molecule has 5 heteroatoms. The van der Waals surface area contributed by atoms with E-state index in [-0.39, 0.29) is 12.6 Å². The van der Waals surface area contributed by atoms with Crippen molar-refractivity contribution in [3.63, 3.8) is 0 Å². The first-order valence-electron chi connectivity index (χ1n) is 5.98. The number of amides is 2. The number of terminal acetylenes is 1. The van der Waals surface area contributed by atoms with E-state index in [4.69, 9.17) is 11.5 Å². The van der Waals surface area contributed by atoms with Crippen LogP contribution < -0.4 is 5.32 Å². The van der Waals surface area contributed by atoms with Gasteiger partial charge in [0.05, 0.1) is 6.04 Å². The molecule has 0 aromatic carbocycles. The zero-order chi connectivity index (χ0) is 14.3. The molecule has 5 nitrogen and oxygen atoms in total. The Labute approximate surface area is 109 Å². The Morgan fingerprint density at radius 3 is 2.33 bits per heavy atom. The molecular weight excluding hydrogens is 232 g/mol. The molecule has 0 saturated carbocycles. The van der Waals surface area contributed by atoms with E-state index < -0.39 is 17.5 Å². The zero-order valence-electron chi connectivity index (χ0n) is 11.5. The molecule has 0 aliphatic heterocycles. The molecule has 0 aliphatic rings. The minimum absolute atomic E-state index is 0.348. The Morgan fingerprint density at radius 1 is 1.44 bits per heavy atom. The minimum Gasteiger partial charge on any atom is -0.480 e. The van der Waals surface area contributed by atoms with Gasteiger partial charge in [-0.05, 0) is 27.2 Å². The summed E-state index contributed by atoms with van der Waals surface area (Å²) in [5.41, 5.74) is -0.576. The van der Waals surface area contributed by atoms with E-state index >= 15 is 0 Å². The van der Waals surface area contributed by atoms with Gasteiger partial charge in [0.2, 0.25) is 0 Å². The summed E-state index contributed by atoms with van der Waals surface area (Å²) in [6, 6.07) is -0.803. The third-order valence-electron chi connectivity index (χ3n) is 2.42. The number of hydrogen-bond acceptors (Lipinski definition) is 2. The van der Waals surface area contributed by atoms with Gasteiger partial charge in [-0.15, -0.1) is 6.42 Å². The van der Waals surface area contributed by atoms with Crippen LogP contribution in [0.15, 0.2) is 0 Å². The summed E-state index contributed by atoms with van der Waals surface area (Å²) in [5, 5.41) is 11.5. The number of rotatable bonds is 5. The van der Waals surface area contributed by atoms with Gasteiger partial charge in [-0.1, -0.05) is 19.3 Å². The Kier molecular flexibility index (Phi) is 6.24. The number of aliphatic carboxylic acids is 1. The molecule has 1 atom stereocenters. The predicted octanol–water partition coefficient (Wildman–Crippen LogP) is 1.68. The molecule has 0 heterocycles. The lowest BCUT2D eigenvalue weighted by Crippen LogP contribution is -2.54. The van der Waals surface area contributed by atoms with Gasteiger partial charge < -0.3 is 15.3 Å². The standard InChI is InChI=1S/C13H22N2O3/c1-6-8-10(7-2)14-12(18)15(9-11(16)17)13(3,4)5/h2,10H,6,8-9H2,1,3-5H3,(H,14,18)(H,16,17). The average Bonchev–Trinajstić information content (AvgIpc) is 2.23. The van der Waals surface area contributed by atoms with Crippen LogP contribution in [0.1, 0.15) is 40.5 Å². The normalized spacial score (nSPS) is 12.4. The van der Waals surface area contributed by atoms with Crippen molar-refractivity contribution >= 4 is 12.0 Å². The van der Waals surface area contributed by atoms with Crippen molar-refractivity contribution in [3.05, 3.63) is 0 Å². The molecule has 0 radical (unpaired) electrons. The summed E-state index contributed by atoms with van der Waals surface area (Å²) in [4.78, 5) is 24.1. The SMILES string of the molecule is C#CC(CCC)NC(=O)N(CC(=O)O)C(C)(C)C. The largest absolute Gasteiger partial charge is 0.480 e. The molecule has 2 amide bonds. The quantitative estimate of drug-likeness (QED) is 0.733. The number of carboxylic acids is 1. The summed E-state index contributed by atoms with van der Waals surface area (Å²) in [6.07, 6.45) is 6.84. The maximum atomic E-state index is 12.0. The second kappa shape index (κ2) is 6.90. The molecule has 0 fully saturated rings. The molecule has 0 spiro atoms. The van der Waals surface area contributed by atoms with Crippen LogP contribution in [0, 0.1) is 12.3 Å². The second-order valence-electron chi connectivity index (χ2n) is 5.11. The molecule has 18 heavy (non-hydrogen) atoms. The van der Waals surface area contributed by atoms with Gasteiger partial charge in [-0.2, -0.15) is 0 Å². The fourth-order valence-electron chi connectivity index (χ4n) is 1.46. The fraction of sp³-hybridized carbons (Fsp3) is 0.692. The van der Waals surface area contributed by atoms with Gasteiger partial charge in [0.25, 0.3) is 0 Å². The van der Waals surface area contributed by atoms with E-state index in [0.29, 0.717) is 6.42 Å². The molecule has 0 bridgehead atoms. The first kappa shape index (κ1) is 16.3. The van der Waals surface area contributed by atoms with Crippen LogP contribution in [-0.4, -0.2) is 40.1 Å². The Morgan fingerprint density at radius 2 is 2.00 bits per heavy atom. The van der Waals surface area contributed by atoms with Gasteiger partial charge in [0.15, 0.2) is 0 Å². The van der Waals surface area contributed by atoms with Gasteiger partial charge >= 0.3 is 12.0 Å². The number of hydrogen-bond donors (Lipinski definition) is 2.